The molecular formula is C32H44O3. The standard InChI is InChI=1S/C32H44O3/c1-30(2)18-34-32(35-19-30)15-14-24-23(16-32)10-11-25-27-12-13-28(33)31(27,3)17-26(29(24)25)22-8-6-21(7-9-22)20-4-5-20/h6-9,20,23,25-28,33H,4-5,10-19H2,1-3H3. The number of fused-ring (bicyclic) bond motifs is 4. The van der Waals surface area contributed by atoms with Gasteiger partial charge in [0.15, 0.2) is 5.79 Å². The molecule has 35 heavy (non-hydrogen) atoms. The molecule has 1 saturated heterocycles. The van der Waals surface area contributed by atoms with Crippen LogP contribution in [0.15, 0.2) is 35.4 Å². The summed E-state index contributed by atoms with van der Waals surface area (Å²) in [7, 11) is 0. The van der Waals surface area contributed by atoms with Crippen LogP contribution >= 0.6 is 0 Å². The van der Waals surface area contributed by atoms with Crippen LogP contribution in [0, 0.1) is 28.6 Å². The molecule has 1 spiro atoms. The number of rotatable bonds is 2. The Labute approximate surface area is 211 Å². The second-order valence-corrected chi connectivity index (χ2v) is 14.1. The Morgan fingerprint density at radius 3 is 2.20 bits per heavy atom. The molecule has 3 heteroatoms. The molecule has 1 aromatic rings. The highest BCUT2D eigenvalue weighted by Crippen LogP contribution is 2.65. The Bertz CT molecular complexity index is 1010. The van der Waals surface area contributed by atoms with Crippen LogP contribution in [0.5, 0.6) is 0 Å². The van der Waals surface area contributed by atoms with Crippen molar-refractivity contribution in [3.63, 3.8) is 0 Å². The molecule has 6 atom stereocenters. The maximum atomic E-state index is 11.2. The van der Waals surface area contributed by atoms with E-state index in [4.69, 9.17) is 9.47 Å². The van der Waals surface area contributed by atoms with Gasteiger partial charge >= 0.3 is 0 Å². The van der Waals surface area contributed by atoms with Crippen LogP contribution in [0.3, 0.4) is 0 Å². The minimum Gasteiger partial charge on any atom is -0.393 e. The van der Waals surface area contributed by atoms with Crippen molar-refractivity contribution >= 4 is 0 Å². The number of hydrogen-bond acceptors (Lipinski definition) is 3. The van der Waals surface area contributed by atoms with E-state index in [0.717, 1.165) is 51.2 Å². The summed E-state index contributed by atoms with van der Waals surface area (Å²) in [5.74, 6) is 2.79. The SMILES string of the molecule is CC1(C)COC2(CCC3=C4C(c5ccc(C6CC6)cc5)CC5(C)C(O)CCC5C4CCC3C2)OC1. The maximum Gasteiger partial charge on any atom is 0.169 e. The van der Waals surface area contributed by atoms with E-state index in [2.05, 4.69) is 45.0 Å². The lowest BCUT2D eigenvalue weighted by molar-refractivity contribution is -0.312. The van der Waals surface area contributed by atoms with E-state index < -0.39 is 0 Å². The topological polar surface area (TPSA) is 38.7 Å². The summed E-state index contributed by atoms with van der Waals surface area (Å²) in [5, 5.41) is 11.2. The van der Waals surface area contributed by atoms with Gasteiger partial charge in [-0.1, -0.05) is 56.2 Å². The quantitative estimate of drug-likeness (QED) is 0.463. The summed E-state index contributed by atoms with van der Waals surface area (Å²) in [5.41, 5.74) is 6.73. The Morgan fingerprint density at radius 1 is 0.800 bits per heavy atom. The van der Waals surface area contributed by atoms with Crippen molar-refractivity contribution < 1.29 is 14.6 Å². The average molecular weight is 477 g/mol. The van der Waals surface area contributed by atoms with Crippen LogP contribution in [-0.4, -0.2) is 30.2 Å². The fourth-order valence-electron chi connectivity index (χ4n) is 8.92. The largest absolute Gasteiger partial charge is 0.393 e. The molecule has 0 bridgehead atoms. The summed E-state index contributed by atoms with van der Waals surface area (Å²) in [6.45, 7) is 8.52. The third kappa shape index (κ3) is 3.70. The highest BCUT2D eigenvalue weighted by atomic mass is 16.7. The lowest BCUT2D eigenvalue weighted by Crippen LogP contribution is -2.52. The number of hydrogen-bond donors (Lipinski definition) is 1. The average Bonchev–Trinajstić information content (AvgIpc) is 3.66. The lowest BCUT2D eigenvalue weighted by atomic mass is 9.52. The molecule has 6 unspecified atom stereocenters. The van der Waals surface area contributed by atoms with Gasteiger partial charge in [0.2, 0.25) is 0 Å². The van der Waals surface area contributed by atoms with Gasteiger partial charge < -0.3 is 14.6 Å². The Morgan fingerprint density at radius 2 is 1.49 bits per heavy atom. The van der Waals surface area contributed by atoms with E-state index >= 15 is 0 Å². The van der Waals surface area contributed by atoms with Crippen molar-refractivity contribution in [3.05, 3.63) is 46.5 Å². The van der Waals surface area contributed by atoms with Crippen LogP contribution in [-0.2, 0) is 9.47 Å². The van der Waals surface area contributed by atoms with Crippen molar-refractivity contribution in [1.29, 1.82) is 0 Å². The fraction of sp³-hybridized carbons (Fsp3) is 0.750. The van der Waals surface area contributed by atoms with Crippen molar-refractivity contribution in [1.82, 2.24) is 0 Å². The second-order valence-electron chi connectivity index (χ2n) is 14.1. The van der Waals surface area contributed by atoms with Crippen molar-refractivity contribution in [3.8, 4) is 0 Å². The van der Waals surface area contributed by atoms with Crippen LogP contribution in [0.2, 0.25) is 0 Å². The Hall–Kier alpha value is -1.16. The van der Waals surface area contributed by atoms with Crippen molar-refractivity contribution in [2.24, 2.45) is 28.6 Å². The molecular weight excluding hydrogens is 432 g/mol. The van der Waals surface area contributed by atoms with Gasteiger partial charge in [0, 0.05) is 24.2 Å². The molecule has 1 aromatic carbocycles. The van der Waals surface area contributed by atoms with Gasteiger partial charge in [0.1, 0.15) is 0 Å². The summed E-state index contributed by atoms with van der Waals surface area (Å²) in [6.07, 6.45) is 11.6. The second kappa shape index (κ2) is 7.92. The zero-order valence-corrected chi connectivity index (χ0v) is 22.0. The van der Waals surface area contributed by atoms with E-state index in [0.29, 0.717) is 23.7 Å². The zero-order valence-electron chi connectivity index (χ0n) is 22.0. The first-order valence-corrected chi connectivity index (χ1v) is 14.6. The summed E-state index contributed by atoms with van der Waals surface area (Å²) in [6, 6.07) is 9.71. The first-order valence-electron chi connectivity index (χ1n) is 14.6. The molecule has 6 aliphatic rings. The van der Waals surface area contributed by atoms with E-state index in [1.165, 1.54) is 43.2 Å². The molecule has 0 radical (unpaired) electrons. The molecule has 190 valence electrons. The Kier molecular flexibility index (Phi) is 5.20. The van der Waals surface area contributed by atoms with Gasteiger partial charge in [-0.3, -0.25) is 0 Å². The maximum absolute atomic E-state index is 11.2. The third-order valence-corrected chi connectivity index (χ3v) is 11.1. The monoisotopic (exact) mass is 476 g/mol. The zero-order chi connectivity index (χ0) is 24.0. The minimum absolute atomic E-state index is 0.0540. The number of allylic oxidation sites excluding steroid dienone is 2. The first-order chi connectivity index (χ1) is 16.8. The van der Waals surface area contributed by atoms with Gasteiger partial charge in [-0.15, -0.1) is 0 Å². The van der Waals surface area contributed by atoms with Crippen molar-refractivity contribution in [2.45, 2.75) is 109 Å². The minimum atomic E-state index is -0.356. The molecule has 5 fully saturated rings. The van der Waals surface area contributed by atoms with Crippen LogP contribution < -0.4 is 0 Å². The van der Waals surface area contributed by atoms with Crippen molar-refractivity contribution in [2.75, 3.05) is 13.2 Å². The summed E-state index contributed by atoms with van der Waals surface area (Å²) in [4.78, 5) is 0. The van der Waals surface area contributed by atoms with E-state index in [1.54, 1.807) is 11.1 Å². The first kappa shape index (κ1) is 23.0. The molecule has 7 rings (SSSR count). The summed E-state index contributed by atoms with van der Waals surface area (Å²) >= 11 is 0. The lowest BCUT2D eigenvalue weighted by Gasteiger charge is -2.55. The number of aliphatic hydroxyl groups excluding tert-OH is 1. The van der Waals surface area contributed by atoms with Gasteiger partial charge in [0.05, 0.1) is 19.3 Å². The highest BCUT2D eigenvalue weighted by Gasteiger charge is 2.57. The van der Waals surface area contributed by atoms with Crippen LogP contribution in [0.25, 0.3) is 0 Å². The number of aliphatic hydroxyl groups is 1. The predicted octanol–water partition coefficient (Wildman–Crippen LogP) is 7.10. The fourth-order valence-corrected chi connectivity index (χ4v) is 8.92. The van der Waals surface area contributed by atoms with E-state index in [-0.39, 0.29) is 22.7 Å². The predicted molar refractivity (Wildman–Crippen MR) is 138 cm³/mol. The molecule has 3 nitrogen and oxygen atoms in total. The van der Waals surface area contributed by atoms with E-state index in [9.17, 15) is 5.11 Å². The van der Waals surface area contributed by atoms with Gasteiger partial charge in [0.25, 0.3) is 0 Å². The van der Waals surface area contributed by atoms with Gasteiger partial charge in [-0.2, -0.15) is 0 Å². The molecule has 1 N–H and O–H groups in total. The van der Waals surface area contributed by atoms with Crippen LogP contribution in [0.4, 0.5) is 0 Å². The third-order valence-electron chi connectivity index (χ3n) is 11.1. The molecule has 0 amide bonds. The molecule has 5 aliphatic carbocycles. The van der Waals surface area contributed by atoms with Crippen LogP contribution in [0.1, 0.15) is 108 Å². The molecule has 0 aromatic heterocycles. The highest BCUT2D eigenvalue weighted by molar-refractivity contribution is 5.42. The molecule has 1 aliphatic heterocycles. The van der Waals surface area contributed by atoms with E-state index in [1.807, 2.05) is 0 Å². The molecule has 4 saturated carbocycles. The number of ether oxygens (including phenoxy) is 2. The van der Waals surface area contributed by atoms with Gasteiger partial charge in [-0.25, -0.2) is 0 Å². The normalized spacial score (nSPS) is 41.9. The molecule has 1 heterocycles. The van der Waals surface area contributed by atoms with Gasteiger partial charge in [-0.05, 0) is 91.6 Å². The Balaban J connectivity index is 1.25. The smallest absolute Gasteiger partial charge is 0.169 e. The number of benzene rings is 1. The summed E-state index contributed by atoms with van der Waals surface area (Å²) < 4.78 is 13.0.